The van der Waals surface area contributed by atoms with Gasteiger partial charge < -0.3 is 5.32 Å². The minimum atomic E-state index is -0.982. The molecule has 1 aliphatic rings. The van der Waals surface area contributed by atoms with Gasteiger partial charge in [-0.3, -0.25) is 0 Å². The van der Waals surface area contributed by atoms with E-state index in [1.165, 1.54) is 5.56 Å². The van der Waals surface area contributed by atoms with Crippen molar-refractivity contribution in [3.8, 4) is 0 Å². The number of alkyl halides is 2. The van der Waals surface area contributed by atoms with Crippen LogP contribution in [0.1, 0.15) is 5.56 Å². The number of dihydropyridines is 1. The average molecular weight is 240 g/mol. The Morgan fingerprint density at radius 1 is 1.13 bits per heavy atom. The summed E-state index contributed by atoms with van der Waals surface area (Å²) in [4.78, 5) is 0. The lowest BCUT2D eigenvalue weighted by Gasteiger charge is -2.26. The fourth-order valence-corrected chi connectivity index (χ4v) is 1.89. The van der Waals surface area contributed by atoms with Crippen LogP contribution >= 0.6 is 23.2 Å². The first-order valence-electron chi connectivity index (χ1n) is 4.74. The van der Waals surface area contributed by atoms with Gasteiger partial charge in [-0.15, -0.1) is 0 Å². The standard InChI is InChI=1S/C12H11Cl2N/c13-12(14)11(7-4-8-15-12)9-10-5-2-1-3-6-10/h1-8,15H,9H2. The summed E-state index contributed by atoms with van der Waals surface area (Å²) in [6, 6.07) is 10.1. The Morgan fingerprint density at radius 2 is 1.87 bits per heavy atom. The van der Waals surface area contributed by atoms with Gasteiger partial charge in [0, 0.05) is 0 Å². The summed E-state index contributed by atoms with van der Waals surface area (Å²) < 4.78 is -0.982. The lowest BCUT2D eigenvalue weighted by molar-refractivity contribution is 0.759. The molecule has 15 heavy (non-hydrogen) atoms. The number of hydrogen-bond donors (Lipinski definition) is 1. The predicted molar refractivity (Wildman–Crippen MR) is 64.9 cm³/mol. The molecular weight excluding hydrogens is 229 g/mol. The molecule has 0 radical (unpaired) electrons. The van der Waals surface area contributed by atoms with Crippen LogP contribution < -0.4 is 5.32 Å². The van der Waals surface area contributed by atoms with E-state index < -0.39 is 4.46 Å². The van der Waals surface area contributed by atoms with Gasteiger partial charge in [-0.2, -0.15) is 0 Å². The van der Waals surface area contributed by atoms with Crippen molar-refractivity contribution < 1.29 is 0 Å². The van der Waals surface area contributed by atoms with Gasteiger partial charge in [-0.25, -0.2) is 0 Å². The molecule has 78 valence electrons. The zero-order chi connectivity index (χ0) is 10.7. The Morgan fingerprint density at radius 3 is 2.53 bits per heavy atom. The number of nitrogens with one attached hydrogen (secondary N) is 1. The molecule has 3 heteroatoms. The van der Waals surface area contributed by atoms with Gasteiger partial charge >= 0.3 is 0 Å². The molecule has 0 aliphatic carbocycles. The van der Waals surface area contributed by atoms with Crippen molar-refractivity contribution in [1.82, 2.24) is 5.32 Å². The molecule has 0 fully saturated rings. The second-order valence-corrected chi connectivity index (χ2v) is 4.76. The molecule has 0 aromatic heterocycles. The highest BCUT2D eigenvalue weighted by Crippen LogP contribution is 2.31. The molecule has 0 saturated carbocycles. The van der Waals surface area contributed by atoms with Gasteiger partial charge in [0.25, 0.3) is 0 Å². The van der Waals surface area contributed by atoms with Crippen molar-refractivity contribution in [3.63, 3.8) is 0 Å². The van der Waals surface area contributed by atoms with Gasteiger partial charge in [0.15, 0.2) is 0 Å². The van der Waals surface area contributed by atoms with E-state index >= 15 is 0 Å². The quantitative estimate of drug-likeness (QED) is 0.617. The highest BCUT2D eigenvalue weighted by Gasteiger charge is 2.28. The maximum atomic E-state index is 6.12. The lowest BCUT2D eigenvalue weighted by atomic mass is 10.0. The van der Waals surface area contributed by atoms with Gasteiger partial charge in [0.2, 0.25) is 4.46 Å². The van der Waals surface area contributed by atoms with Gasteiger partial charge in [-0.05, 0) is 29.8 Å². The fourth-order valence-electron chi connectivity index (χ4n) is 1.50. The Bertz CT molecular complexity index is 393. The van der Waals surface area contributed by atoms with Crippen molar-refractivity contribution in [3.05, 3.63) is 59.8 Å². The largest absolute Gasteiger partial charge is 0.357 e. The number of rotatable bonds is 2. The van der Waals surface area contributed by atoms with Crippen molar-refractivity contribution in [2.24, 2.45) is 0 Å². The van der Waals surface area contributed by atoms with Crippen LogP contribution in [0.5, 0.6) is 0 Å². The normalized spacial score (nSPS) is 18.1. The van der Waals surface area contributed by atoms with E-state index in [9.17, 15) is 0 Å². The summed E-state index contributed by atoms with van der Waals surface area (Å²) in [7, 11) is 0. The number of hydrogen-bond acceptors (Lipinski definition) is 1. The second kappa shape index (κ2) is 4.30. The predicted octanol–water partition coefficient (Wildman–Crippen LogP) is 3.40. The molecule has 1 aliphatic heterocycles. The third-order valence-electron chi connectivity index (χ3n) is 2.30. The lowest BCUT2D eigenvalue weighted by Crippen LogP contribution is -2.34. The SMILES string of the molecule is ClC1(Cl)NC=CC=C1Cc1ccccc1. The molecule has 1 heterocycles. The number of benzene rings is 1. The molecule has 1 nitrogen and oxygen atoms in total. The highest BCUT2D eigenvalue weighted by atomic mass is 35.5. The summed E-state index contributed by atoms with van der Waals surface area (Å²) >= 11 is 12.2. The molecule has 0 atom stereocenters. The van der Waals surface area contributed by atoms with Crippen LogP contribution in [0.3, 0.4) is 0 Å². The van der Waals surface area contributed by atoms with Crippen LogP contribution in [0, 0.1) is 0 Å². The summed E-state index contributed by atoms with van der Waals surface area (Å²) in [6.07, 6.45) is 6.35. The van der Waals surface area contributed by atoms with E-state index in [1.54, 1.807) is 6.20 Å². The zero-order valence-corrected chi connectivity index (χ0v) is 9.59. The third kappa shape index (κ3) is 2.55. The van der Waals surface area contributed by atoms with E-state index in [0.717, 1.165) is 12.0 Å². The molecule has 0 bridgehead atoms. The monoisotopic (exact) mass is 239 g/mol. The Hall–Kier alpha value is -0.920. The first-order valence-corrected chi connectivity index (χ1v) is 5.50. The minimum absolute atomic E-state index is 0.755. The third-order valence-corrected chi connectivity index (χ3v) is 3.00. The number of halogens is 2. The van der Waals surface area contributed by atoms with Gasteiger partial charge in [0.05, 0.1) is 0 Å². The summed E-state index contributed by atoms with van der Waals surface area (Å²) in [5.74, 6) is 0. The van der Waals surface area contributed by atoms with Crippen molar-refractivity contribution in [1.29, 1.82) is 0 Å². The molecule has 2 rings (SSSR count). The maximum absolute atomic E-state index is 6.12. The molecule has 0 spiro atoms. The van der Waals surface area contributed by atoms with Crippen LogP contribution in [0.2, 0.25) is 0 Å². The van der Waals surface area contributed by atoms with Crippen LogP contribution in [-0.2, 0) is 6.42 Å². The maximum Gasteiger partial charge on any atom is 0.210 e. The van der Waals surface area contributed by atoms with E-state index in [0.29, 0.717) is 0 Å². The molecule has 1 aromatic rings. The van der Waals surface area contributed by atoms with Crippen molar-refractivity contribution in [2.75, 3.05) is 0 Å². The average Bonchev–Trinajstić information content (AvgIpc) is 2.23. The Kier molecular flexibility index (Phi) is 3.03. The van der Waals surface area contributed by atoms with Crippen LogP contribution in [0.4, 0.5) is 0 Å². The van der Waals surface area contributed by atoms with E-state index in [4.69, 9.17) is 23.2 Å². The first kappa shape index (κ1) is 10.6. The molecular formula is C12H11Cl2N. The van der Waals surface area contributed by atoms with Gasteiger partial charge in [-0.1, -0.05) is 59.6 Å². The Labute approximate surface area is 99.4 Å². The Balaban J connectivity index is 2.18. The first-order chi connectivity index (χ1) is 7.18. The highest BCUT2D eigenvalue weighted by molar-refractivity contribution is 6.50. The fraction of sp³-hybridized carbons (Fsp3) is 0.167. The van der Waals surface area contributed by atoms with Crippen LogP contribution in [-0.4, -0.2) is 4.46 Å². The van der Waals surface area contributed by atoms with E-state index in [1.807, 2.05) is 30.4 Å². The minimum Gasteiger partial charge on any atom is -0.357 e. The zero-order valence-electron chi connectivity index (χ0n) is 8.08. The molecule has 1 aromatic carbocycles. The van der Waals surface area contributed by atoms with E-state index in [-0.39, 0.29) is 0 Å². The molecule has 0 saturated heterocycles. The van der Waals surface area contributed by atoms with Crippen molar-refractivity contribution in [2.45, 2.75) is 10.9 Å². The molecule has 1 N–H and O–H groups in total. The summed E-state index contributed by atoms with van der Waals surface area (Å²) in [5, 5.41) is 2.91. The summed E-state index contributed by atoms with van der Waals surface area (Å²) in [5.41, 5.74) is 2.16. The second-order valence-electron chi connectivity index (χ2n) is 3.43. The summed E-state index contributed by atoms with van der Waals surface area (Å²) in [6.45, 7) is 0. The topological polar surface area (TPSA) is 12.0 Å². The van der Waals surface area contributed by atoms with E-state index in [2.05, 4.69) is 17.4 Å². The van der Waals surface area contributed by atoms with Crippen LogP contribution in [0.25, 0.3) is 0 Å². The van der Waals surface area contributed by atoms with Crippen molar-refractivity contribution >= 4 is 23.2 Å². The molecule has 0 unspecified atom stereocenters. The van der Waals surface area contributed by atoms with Gasteiger partial charge in [0.1, 0.15) is 0 Å². The van der Waals surface area contributed by atoms with Crippen LogP contribution in [0.15, 0.2) is 54.3 Å². The smallest absolute Gasteiger partial charge is 0.210 e. The number of allylic oxidation sites excluding steroid dienone is 2. The molecule has 0 amide bonds.